The Morgan fingerprint density at radius 1 is 1.13 bits per heavy atom. The number of nitrogens with one attached hydrogen (secondary N) is 1. The van der Waals surface area contributed by atoms with Crippen LogP contribution in [0.4, 0.5) is 0 Å². The van der Waals surface area contributed by atoms with Crippen molar-refractivity contribution in [1.82, 2.24) is 15.1 Å². The zero-order valence-corrected chi connectivity index (χ0v) is 18.2. The molecular weight excluding hydrogens is 370 g/mol. The Morgan fingerprint density at radius 2 is 1.97 bits per heavy atom. The molecule has 0 bridgehead atoms. The minimum Gasteiger partial charge on any atom is -0.396 e. The van der Waals surface area contributed by atoms with Crippen LogP contribution in [0, 0.1) is 19.3 Å². The van der Waals surface area contributed by atoms with Crippen molar-refractivity contribution in [1.29, 1.82) is 0 Å². The van der Waals surface area contributed by atoms with Crippen molar-refractivity contribution in [3.8, 4) is 11.3 Å². The van der Waals surface area contributed by atoms with Gasteiger partial charge in [0.05, 0.1) is 11.9 Å². The molecule has 158 valence electrons. The largest absolute Gasteiger partial charge is 0.396 e. The molecule has 2 aromatic carbocycles. The van der Waals surface area contributed by atoms with Gasteiger partial charge in [0.25, 0.3) is 0 Å². The molecule has 0 unspecified atom stereocenters. The van der Waals surface area contributed by atoms with Gasteiger partial charge in [-0.15, -0.1) is 0 Å². The second kappa shape index (κ2) is 9.15. The number of aliphatic hydroxyl groups excluding tert-OH is 1. The molecule has 1 aliphatic heterocycles. The van der Waals surface area contributed by atoms with Gasteiger partial charge in [0.2, 0.25) is 0 Å². The molecule has 1 fully saturated rings. The summed E-state index contributed by atoms with van der Waals surface area (Å²) in [7, 11) is 0. The number of piperidine rings is 1. The third-order valence-electron chi connectivity index (χ3n) is 6.64. The quantitative estimate of drug-likeness (QED) is 0.590. The average Bonchev–Trinajstić information content (AvgIpc) is 3.23. The van der Waals surface area contributed by atoms with Crippen LogP contribution in [0.15, 0.2) is 54.7 Å². The van der Waals surface area contributed by atoms with E-state index in [4.69, 9.17) is 0 Å². The Hall–Kier alpha value is -2.43. The molecule has 0 aliphatic carbocycles. The number of benzene rings is 2. The van der Waals surface area contributed by atoms with Crippen LogP contribution in [0.2, 0.25) is 0 Å². The zero-order chi connectivity index (χ0) is 21.0. The number of aliphatic hydroxyl groups is 1. The summed E-state index contributed by atoms with van der Waals surface area (Å²) in [6, 6.07) is 17.2. The Labute approximate surface area is 180 Å². The molecule has 0 saturated carbocycles. The van der Waals surface area contributed by atoms with Crippen LogP contribution in [-0.4, -0.2) is 39.9 Å². The fraction of sp³-hybridized carbons (Fsp3) is 0.423. The predicted octanol–water partition coefficient (Wildman–Crippen LogP) is 4.90. The molecule has 2 N–H and O–H groups in total. The van der Waals surface area contributed by atoms with Gasteiger partial charge >= 0.3 is 0 Å². The first-order valence-corrected chi connectivity index (χ1v) is 11.1. The van der Waals surface area contributed by atoms with Crippen LogP contribution in [0.1, 0.15) is 41.5 Å². The summed E-state index contributed by atoms with van der Waals surface area (Å²) in [4.78, 5) is 2.50. The van der Waals surface area contributed by atoms with E-state index in [1.807, 2.05) is 6.20 Å². The highest BCUT2D eigenvalue weighted by molar-refractivity contribution is 5.67. The lowest BCUT2D eigenvalue weighted by atomic mass is 9.76. The SMILES string of the molecule is Cc1ccc(C)c(-c2[nH]ncc2CN2CCC[C@@](CO)(CCc3ccccc3)C2)c1. The second-order valence-electron chi connectivity index (χ2n) is 9.05. The maximum Gasteiger partial charge on any atom is 0.0698 e. The van der Waals surface area contributed by atoms with Crippen LogP contribution in [0.5, 0.6) is 0 Å². The van der Waals surface area contributed by atoms with E-state index < -0.39 is 0 Å². The maximum atomic E-state index is 10.3. The number of aromatic nitrogens is 2. The van der Waals surface area contributed by atoms with E-state index in [0.29, 0.717) is 0 Å². The van der Waals surface area contributed by atoms with E-state index in [1.165, 1.54) is 27.8 Å². The summed E-state index contributed by atoms with van der Waals surface area (Å²) < 4.78 is 0. The maximum absolute atomic E-state index is 10.3. The lowest BCUT2D eigenvalue weighted by Crippen LogP contribution is -2.45. The molecule has 1 saturated heterocycles. The molecule has 4 nitrogen and oxygen atoms in total. The van der Waals surface area contributed by atoms with E-state index in [1.54, 1.807) is 0 Å². The molecule has 0 radical (unpaired) electrons. The summed E-state index contributed by atoms with van der Waals surface area (Å²) >= 11 is 0. The molecule has 1 aliphatic rings. The lowest BCUT2D eigenvalue weighted by molar-refractivity contribution is 0.0224. The third kappa shape index (κ3) is 4.66. The minimum absolute atomic E-state index is 0.0166. The van der Waals surface area contributed by atoms with Crippen LogP contribution in [-0.2, 0) is 13.0 Å². The van der Waals surface area contributed by atoms with Crippen LogP contribution in [0.3, 0.4) is 0 Å². The number of hydrogen-bond acceptors (Lipinski definition) is 3. The molecular formula is C26H33N3O. The van der Waals surface area contributed by atoms with E-state index in [0.717, 1.165) is 51.0 Å². The number of H-pyrrole nitrogens is 1. The molecule has 3 aromatic rings. The van der Waals surface area contributed by atoms with Crippen molar-refractivity contribution in [3.63, 3.8) is 0 Å². The van der Waals surface area contributed by atoms with Crippen molar-refractivity contribution < 1.29 is 5.11 Å². The van der Waals surface area contributed by atoms with E-state index >= 15 is 0 Å². The van der Waals surface area contributed by atoms with Gasteiger partial charge in [-0.05, 0) is 63.3 Å². The van der Waals surface area contributed by atoms with Gasteiger partial charge in [-0.3, -0.25) is 10.00 Å². The molecule has 30 heavy (non-hydrogen) atoms. The van der Waals surface area contributed by atoms with Crippen LogP contribution >= 0.6 is 0 Å². The Bertz CT molecular complexity index is 965. The summed E-state index contributed by atoms with van der Waals surface area (Å²) in [5.41, 5.74) is 7.45. The van der Waals surface area contributed by atoms with E-state index in [-0.39, 0.29) is 12.0 Å². The Balaban J connectivity index is 1.48. The number of aromatic amines is 1. The normalized spacial score (nSPS) is 19.8. The van der Waals surface area contributed by atoms with Crippen LogP contribution < -0.4 is 0 Å². The number of nitrogens with zero attached hydrogens (tertiary/aromatic N) is 2. The van der Waals surface area contributed by atoms with Gasteiger partial charge < -0.3 is 5.11 Å². The lowest BCUT2D eigenvalue weighted by Gasteiger charge is -2.42. The van der Waals surface area contributed by atoms with Crippen LogP contribution in [0.25, 0.3) is 11.3 Å². The number of aryl methyl sites for hydroxylation is 3. The molecule has 2 heterocycles. The summed E-state index contributed by atoms with van der Waals surface area (Å²) in [5, 5.41) is 17.9. The first kappa shape index (κ1) is 20.8. The minimum atomic E-state index is -0.0166. The van der Waals surface area contributed by atoms with Gasteiger partial charge in [0, 0.05) is 36.2 Å². The van der Waals surface area contributed by atoms with Crippen molar-refractivity contribution in [2.75, 3.05) is 19.7 Å². The molecule has 0 spiro atoms. The fourth-order valence-electron chi connectivity index (χ4n) is 4.82. The topological polar surface area (TPSA) is 52.2 Å². The van der Waals surface area contributed by atoms with Gasteiger partial charge in [0.15, 0.2) is 0 Å². The highest BCUT2D eigenvalue weighted by Gasteiger charge is 2.35. The summed E-state index contributed by atoms with van der Waals surface area (Å²) in [6.45, 7) is 7.42. The third-order valence-corrected chi connectivity index (χ3v) is 6.64. The highest BCUT2D eigenvalue weighted by Crippen LogP contribution is 2.36. The van der Waals surface area contributed by atoms with Crippen molar-refractivity contribution in [3.05, 3.63) is 77.0 Å². The second-order valence-corrected chi connectivity index (χ2v) is 9.05. The zero-order valence-electron chi connectivity index (χ0n) is 18.2. The van der Waals surface area contributed by atoms with Crippen molar-refractivity contribution in [2.45, 2.75) is 46.1 Å². The van der Waals surface area contributed by atoms with Gasteiger partial charge in [-0.25, -0.2) is 0 Å². The predicted molar refractivity (Wildman–Crippen MR) is 122 cm³/mol. The highest BCUT2D eigenvalue weighted by atomic mass is 16.3. The molecule has 4 heteroatoms. The van der Waals surface area contributed by atoms with Crippen molar-refractivity contribution in [2.24, 2.45) is 5.41 Å². The van der Waals surface area contributed by atoms with E-state index in [9.17, 15) is 5.11 Å². The van der Waals surface area contributed by atoms with Gasteiger partial charge in [0.1, 0.15) is 0 Å². The average molecular weight is 404 g/mol. The number of hydrogen-bond donors (Lipinski definition) is 2. The fourth-order valence-corrected chi connectivity index (χ4v) is 4.82. The van der Waals surface area contributed by atoms with Gasteiger partial charge in [-0.1, -0.05) is 48.0 Å². The van der Waals surface area contributed by atoms with Crippen molar-refractivity contribution >= 4 is 0 Å². The molecule has 4 rings (SSSR count). The molecule has 0 amide bonds. The first-order chi connectivity index (χ1) is 14.6. The monoisotopic (exact) mass is 403 g/mol. The molecule has 1 aromatic heterocycles. The number of likely N-dealkylation sites (tertiary alicyclic amines) is 1. The summed E-state index contributed by atoms with van der Waals surface area (Å²) in [5.74, 6) is 0. The van der Waals surface area contributed by atoms with Gasteiger partial charge in [-0.2, -0.15) is 5.10 Å². The smallest absolute Gasteiger partial charge is 0.0698 e. The number of rotatable bonds is 7. The Morgan fingerprint density at radius 3 is 2.77 bits per heavy atom. The summed E-state index contributed by atoms with van der Waals surface area (Å²) in [6.07, 6.45) is 6.25. The standard InChI is InChI=1S/C26H33N3O/c1-20-9-10-21(2)24(15-20)25-23(16-27-28-25)17-29-14-6-12-26(18-29,19-30)13-11-22-7-4-3-5-8-22/h3-5,7-10,15-16,30H,6,11-14,17-19H2,1-2H3,(H,27,28)/t26-/m1/s1. The van der Waals surface area contributed by atoms with E-state index in [2.05, 4.69) is 77.5 Å². The first-order valence-electron chi connectivity index (χ1n) is 11.1. The molecule has 1 atom stereocenters. The Kier molecular flexibility index (Phi) is 6.35.